The first-order valence-corrected chi connectivity index (χ1v) is 7.20. The lowest BCUT2D eigenvalue weighted by molar-refractivity contribution is -0.117. The first-order chi connectivity index (χ1) is 11.1. The first kappa shape index (κ1) is 16.4. The van der Waals surface area contributed by atoms with Gasteiger partial charge in [0.25, 0.3) is 0 Å². The molecule has 0 aliphatic carbocycles. The van der Waals surface area contributed by atoms with E-state index in [2.05, 4.69) is 10.6 Å². The molecule has 118 valence electrons. The predicted octanol–water partition coefficient (Wildman–Crippen LogP) is 2.98. The Hall–Kier alpha value is -2.95. The molecule has 2 rings (SSSR count). The zero-order chi connectivity index (χ0) is 16.5. The van der Waals surface area contributed by atoms with Gasteiger partial charge in [-0.25, -0.2) is 4.39 Å². The van der Waals surface area contributed by atoms with Crippen molar-refractivity contribution in [3.05, 3.63) is 72.1 Å². The van der Waals surface area contributed by atoms with Crippen LogP contribution in [0.1, 0.15) is 12.0 Å². The molecule has 2 aromatic carbocycles. The van der Waals surface area contributed by atoms with Crippen LogP contribution in [0.4, 0.5) is 10.1 Å². The highest BCUT2D eigenvalue weighted by Gasteiger charge is 2.03. The van der Waals surface area contributed by atoms with E-state index in [9.17, 15) is 14.0 Å². The maximum Gasteiger partial charge on any atom is 0.244 e. The van der Waals surface area contributed by atoms with Crippen LogP contribution < -0.4 is 10.6 Å². The summed E-state index contributed by atoms with van der Waals surface area (Å²) >= 11 is 0. The summed E-state index contributed by atoms with van der Waals surface area (Å²) in [6.07, 6.45) is 3.27. The van der Waals surface area contributed by atoms with Crippen LogP contribution >= 0.6 is 0 Å². The molecule has 0 heterocycles. The smallest absolute Gasteiger partial charge is 0.244 e. The lowest BCUT2D eigenvalue weighted by Crippen LogP contribution is -2.26. The Balaban J connectivity index is 1.69. The van der Waals surface area contributed by atoms with Gasteiger partial charge >= 0.3 is 0 Å². The van der Waals surface area contributed by atoms with Gasteiger partial charge < -0.3 is 10.6 Å². The van der Waals surface area contributed by atoms with Gasteiger partial charge in [-0.2, -0.15) is 0 Å². The summed E-state index contributed by atoms with van der Waals surface area (Å²) in [4.78, 5) is 23.3. The summed E-state index contributed by atoms with van der Waals surface area (Å²) in [6.45, 7) is 0.227. The fourth-order valence-corrected chi connectivity index (χ4v) is 1.85. The molecule has 0 saturated carbocycles. The van der Waals surface area contributed by atoms with Crippen molar-refractivity contribution in [3.8, 4) is 0 Å². The minimum Gasteiger partial charge on any atom is -0.352 e. The van der Waals surface area contributed by atoms with E-state index < -0.39 is 0 Å². The topological polar surface area (TPSA) is 58.2 Å². The molecule has 2 N–H and O–H groups in total. The fourth-order valence-electron chi connectivity index (χ4n) is 1.85. The molecular formula is C18H17FN2O2. The molecule has 4 nitrogen and oxygen atoms in total. The second-order valence-electron chi connectivity index (χ2n) is 4.84. The lowest BCUT2D eigenvalue weighted by Gasteiger charge is -2.05. The Labute approximate surface area is 134 Å². The van der Waals surface area contributed by atoms with E-state index >= 15 is 0 Å². The van der Waals surface area contributed by atoms with Crippen LogP contribution in [0.25, 0.3) is 6.08 Å². The van der Waals surface area contributed by atoms with Gasteiger partial charge in [0.1, 0.15) is 5.82 Å². The van der Waals surface area contributed by atoms with Crippen molar-refractivity contribution in [2.24, 2.45) is 0 Å². The van der Waals surface area contributed by atoms with E-state index in [0.29, 0.717) is 5.69 Å². The third kappa shape index (κ3) is 6.13. The number of hydrogen-bond donors (Lipinski definition) is 2. The molecule has 0 fully saturated rings. The fraction of sp³-hybridized carbons (Fsp3) is 0.111. The standard InChI is InChI=1S/C18H17FN2O2/c19-15-7-9-16(10-8-15)21-18(23)12-13-20-17(22)11-6-14-4-2-1-3-5-14/h1-11H,12-13H2,(H,20,22)(H,21,23)/b11-6+. The van der Waals surface area contributed by atoms with Crippen LogP contribution in [0.2, 0.25) is 0 Å². The van der Waals surface area contributed by atoms with E-state index in [1.165, 1.54) is 30.3 Å². The molecular weight excluding hydrogens is 295 g/mol. The van der Waals surface area contributed by atoms with Crippen molar-refractivity contribution >= 4 is 23.6 Å². The largest absolute Gasteiger partial charge is 0.352 e. The zero-order valence-corrected chi connectivity index (χ0v) is 12.5. The maximum atomic E-state index is 12.7. The van der Waals surface area contributed by atoms with Gasteiger partial charge in [0, 0.05) is 24.7 Å². The van der Waals surface area contributed by atoms with Gasteiger partial charge in [0.15, 0.2) is 0 Å². The highest BCUT2D eigenvalue weighted by atomic mass is 19.1. The normalized spacial score (nSPS) is 10.5. The highest BCUT2D eigenvalue weighted by Crippen LogP contribution is 2.08. The van der Waals surface area contributed by atoms with Gasteiger partial charge in [-0.3, -0.25) is 9.59 Å². The summed E-state index contributed by atoms with van der Waals surface area (Å²) < 4.78 is 12.7. The second-order valence-corrected chi connectivity index (χ2v) is 4.84. The van der Waals surface area contributed by atoms with Gasteiger partial charge in [0.2, 0.25) is 11.8 Å². The predicted molar refractivity (Wildman–Crippen MR) is 88.1 cm³/mol. The Morgan fingerprint density at radius 2 is 1.70 bits per heavy atom. The third-order valence-electron chi connectivity index (χ3n) is 3.01. The van der Waals surface area contributed by atoms with Crippen LogP contribution in [0.3, 0.4) is 0 Å². The molecule has 0 aliphatic heterocycles. The van der Waals surface area contributed by atoms with Gasteiger partial charge in [-0.05, 0) is 35.9 Å². The van der Waals surface area contributed by atoms with Crippen molar-refractivity contribution in [2.45, 2.75) is 6.42 Å². The molecule has 0 spiro atoms. The molecule has 0 radical (unpaired) electrons. The number of rotatable bonds is 6. The number of benzene rings is 2. The second kappa shape index (κ2) is 8.48. The summed E-state index contributed by atoms with van der Waals surface area (Å²) in [5.74, 6) is -0.868. The van der Waals surface area contributed by atoms with E-state index in [0.717, 1.165) is 5.56 Å². The van der Waals surface area contributed by atoms with Crippen molar-refractivity contribution in [1.29, 1.82) is 0 Å². The number of anilines is 1. The molecule has 0 bridgehead atoms. The molecule has 2 amide bonds. The molecule has 5 heteroatoms. The summed E-state index contributed by atoms with van der Waals surface area (Å²) in [5.41, 5.74) is 1.45. The Kier molecular flexibility index (Phi) is 6.06. The van der Waals surface area contributed by atoms with E-state index in [1.807, 2.05) is 30.3 Å². The number of carbonyl (C=O) groups excluding carboxylic acids is 2. The van der Waals surface area contributed by atoms with Crippen molar-refractivity contribution in [2.75, 3.05) is 11.9 Å². The molecule has 0 saturated heterocycles. The van der Waals surface area contributed by atoms with Crippen LogP contribution in [0, 0.1) is 5.82 Å². The first-order valence-electron chi connectivity index (χ1n) is 7.20. The number of halogens is 1. The molecule has 23 heavy (non-hydrogen) atoms. The third-order valence-corrected chi connectivity index (χ3v) is 3.01. The van der Waals surface area contributed by atoms with E-state index in [1.54, 1.807) is 6.08 Å². The average Bonchev–Trinajstić information content (AvgIpc) is 2.56. The van der Waals surface area contributed by atoms with E-state index in [-0.39, 0.29) is 30.6 Å². The monoisotopic (exact) mass is 312 g/mol. The van der Waals surface area contributed by atoms with Crippen LogP contribution in [-0.2, 0) is 9.59 Å². The van der Waals surface area contributed by atoms with Crippen molar-refractivity contribution < 1.29 is 14.0 Å². The SMILES string of the molecule is O=C(/C=C/c1ccccc1)NCCC(=O)Nc1ccc(F)cc1. The van der Waals surface area contributed by atoms with Crippen LogP contribution in [0.5, 0.6) is 0 Å². The van der Waals surface area contributed by atoms with Crippen molar-refractivity contribution in [3.63, 3.8) is 0 Å². The average molecular weight is 312 g/mol. The van der Waals surface area contributed by atoms with Crippen LogP contribution in [-0.4, -0.2) is 18.4 Å². The minimum atomic E-state index is -0.361. The summed E-state index contributed by atoms with van der Waals surface area (Å²) in [7, 11) is 0. The number of carbonyl (C=O) groups is 2. The van der Waals surface area contributed by atoms with Crippen molar-refractivity contribution in [1.82, 2.24) is 5.32 Å². The number of nitrogens with one attached hydrogen (secondary N) is 2. The Bertz CT molecular complexity index is 682. The minimum absolute atomic E-state index is 0.141. The molecule has 0 unspecified atom stereocenters. The van der Waals surface area contributed by atoms with E-state index in [4.69, 9.17) is 0 Å². The summed E-state index contributed by atoms with van der Waals surface area (Å²) in [5, 5.41) is 5.26. The molecule has 0 aromatic heterocycles. The quantitative estimate of drug-likeness (QED) is 0.806. The Morgan fingerprint density at radius 3 is 2.39 bits per heavy atom. The van der Waals surface area contributed by atoms with Gasteiger partial charge in [0.05, 0.1) is 0 Å². The Morgan fingerprint density at radius 1 is 1.00 bits per heavy atom. The zero-order valence-electron chi connectivity index (χ0n) is 12.5. The molecule has 0 aliphatic rings. The summed E-state index contributed by atoms with van der Waals surface area (Å²) in [6, 6.07) is 15.0. The van der Waals surface area contributed by atoms with Crippen LogP contribution in [0.15, 0.2) is 60.7 Å². The van der Waals surface area contributed by atoms with Gasteiger partial charge in [-0.1, -0.05) is 30.3 Å². The molecule has 2 aromatic rings. The highest BCUT2D eigenvalue weighted by molar-refractivity contribution is 5.93. The molecule has 0 atom stereocenters. The number of hydrogen-bond acceptors (Lipinski definition) is 2. The lowest BCUT2D eigenvalue weighted by atomic mass is 10.2. The number of amides is 2. The maximum absolute atomic E-state index is 12.7. The van der Waals surface area contributed by atoms with Gasteiger partial charge in [-0.15, -0.1) is 0 Å².